The minimum absolute atomic E-state index is 0.145. The Balaban J connectivity index is 2.08. The Hall–Kier alpha value is -1.88. The molecule has 0 bridgehead atoms. The average molecular weight is 318 g/mol. The molecule has 2 amide bonds. The van der Waals surface area contributed by atoms with Crippen LogP contribution in [0, 0.1) is 5.41 Å². The summed E-state index contributed by atoms with van der Waals surface area (Å²) in [6.45, 7) is 5.15. The van der Waals surface area contributed by atoms with Crippen LogP contribution >= 0.6 is 0 Å². The molecule has 0 radical (unpaired) electrons. The van der Waals surface area contributed by atoms with Crippen molar-refractivity contribution in [1.29, 1.82) is 0 Å². The highest BCUT2D eigenvalue weighted by atomic mass is 16.5. The molecule has 0 atom stereocenters. The summed E-state index contributed by atoms with van der Waals surface area (Å²) in [5, 5.41) is 2.84. The molecule has 1 aromatic rings. The molecule has 5 heteroatoms. The number of fused-ring (bicyclic) bond motifs is 1. The third kappa shape index (κ3) is 3.91. The maximum atomic E-state index is 13.0. The van der Waals surface area contributed by atoms with Crippen molar-refractivity contribution in [1.82, 2.24) is 5.32 Å². The predicted molar refractivity (Wildman–Crippen MR) is 90.4 cm³/mol. The van der Waals surface area contributed by atoms with Gasteiger partial charge in [0.15, 0.2) is 0 Å². The fourth-order valence-corrected chi connectivity index (χ4v) is 2.82. The van der Waals surface area contributed by atoms with Crippen molar-refractivity contribution in [2.24, 2.45) is 5.41 Å². The van der Waals surface area contributed by atoms with Crippen LogP contribution in [0.1, 0.15) is 32.3 Å². The average Bonchev–Trinajstić information content (AvgIpc) is 2.57. The molecule has 0 aliphatic carbocycles. The highest BCUT2D eigenvalue weighted by Gasteiger charge is 2.40. The van der Waals surface area contributed by atoms with Crippen molar-refractivity contribution >= 4 is 17.5 Å². The van der Waals surface area contributed by atoms with Gasteiger partial charge in [0.2, 0.25) is 11.8 Å². The fraction of sp³-hybridized carbons (Fsp3) is 0.556. The summed E-state index contributed by atoms with van der Waals surface area (Å²) in [6, 6.07) is 7.92. The fourth-order valence-electron chi connectivity index (χ4n) is 2.82. The first-order valence-electron chi connectivity index (χ1n) is 8.15. The molecule has 0 saturated heterocycles. The van der Waals surface area contributed by atoms with Crippen LogP contribution in [-0.2, 0) is 20.7 Å². The molecule has 1 heterocycles. The van der Waals surface area contributed by atoms with Gasteiger partial charge < -0.3 is 15.0 Å². The summed E-state index contributed by atoms with van der Waals surface area (Å²) in [6.07, 6.45) is 2.64. The van der Waals surface area contributed by atoms with Gasteiger partial charge in [-0.2, -0.15) is 0 Å². The van der Waals surface area contributed by atoms with E-state index < -0.39 is 5.41 Å². The van der Waals surface area contributed by atoms with Crippen LogP contribution in [0.2, 0.25) is 0 Å². The van der Waals surface area contributed by atoms with Crippen molar-refractivity contribution in [3.05, 3.63) is 29.8 Å². The van der Waals surface area contributed by atoms with E-state index in [1.54, 1.807) is 25.9 Å². The molecule has 0 fully saturated rings. The summed E-state index contributed by atoms with van der Waals surface area (Å²) in [7, 11) is 1.63. The van der Waals surface area contributed by atoms with Crippen molar-refractivity contribution in [2.45, 2.75) is 33.1 Å². The SMILES string of the molecule is COCCCNC(=O)C(C)(C)C(=O)N1CCCc2ccccc21. The lowest BCUT2D eigenvalue weighted by molar-refractivity contribution is -0.139. The van der Waals surface area contributed by atoms with E-state index in [1.165, 1.54) is 5.56 Å². The molecule has 126 valence electrons. The Morgan fingerprint density at radius 1 is 1.30 bits per heavy atom. The number of para-hydroxylation sites is 1. The molecule has 0 spiro atoms. The van der Waals surface area contributed by atoms with E-state index >= 15 is 0 Å². The second-order valence-corrected chi connectivity index (χ2v) is 6.42. The molecule has 1 aliphatic rings. The van der Waals surface area contributed by atoms with Gasteiger partial charge in [-0.25, -0.2) is 0 Å². The lowest BCUT2D eigenvalue weighted by atomic mass is 9.88. The highest BCUT2D eigenvalue weighted by molar-refractivity contribution is 6.11. The quantitative estimate of drug-likeness (QED) is 0.646. The third-order valence-corrected chi connectivity index (χ3v) is 4.27. The Morgan fingerprint density at radius 3 is 2.78 bits per heavy atom. The largest absolute Gasteiger partial charge is 0.385 e. The van der Waals surface area contributed by atoms with Crippen LogP contribution in [0.25, 0.3) is 0 Å². The van der Waals surface area contributed by atoms with Crippen LogP contribution in [0.4, 0.5) is 5.69 Å². The van der Waals surface area contributed by atoms with E-state index in [2.05, 4.69) is 5.32 Å². The minimum Gasteiger partial charge on any atom is -0.385 e. The Morgan fingerprint density at radius 2 is 2.04 bits per heavy atom. The zero-order chi connectivity index (χ0) is 16.9. The number of rotatable bonds is 6. The monoisotopic (exact) mass is 318 g/mol. The number of methoxy groups -OCH3 is 1. The molecule has 0 unspecified atom stereocenters. The first-order chi connectivity index (χ1) is 11.0. The summed E-state index contributed by atoms with van der Waals surface area (Å²) in [5.41, 5.74) is 1.02. The summed E-state index contributed by atoms with van der Waals surface area (Å²) in [5.74, 6) is -0.379. The number of benzene rings is 1. The van der Waals surface area contributed by atoms with Crippen molar-refractivity contribution in [3.63, 3.8) is 0 Å². The zero-order valence-electron chi connectivity index (χ0n) is 14.2. The van der Waals surface area contributed by atoms with E-state index in [4.69, 9.17) is 4.74 Å². The van der Waals surface area contributed by atoms with Crippen LogP contribution in [0.15, 0.2) is 24.3 Å². The van der Waals surface area contributed by atoms with Crippen LogP contribution in [0.5, 0.6) is 0 Å². The smallest absolute Gasteiger partial charge is 0.242 e. The highest BCUT2D eigenvalue weighted by Crippen LogP contribution is 2.31. The Labute approximate surface area is 138 Å². The number of carbonyl (C=O) groups excluding carboxylic acids is 2. The number of amides is 2. The van der Waals surface area contributed by atoms with Gasteiger partial charge in [-0.1, -0.05) is 18.2 Å². The topological polar surface area (TPSA) is 58.6 Å². The molecule has 5 nitrogen and oxygen atoms in total. The van der Waals surface area contributed by atoms with Crippen molar-refractivity contribution in [3.8, 4) is 0 Å². The van der Waals surface area contributed by atoms with E-state index in [9.17, 15) is 9.59 Å². The van der Waals surface area contributed by atoms with Crippen LogP contribution in [0.3, 0.4) is 0 Å². The summed E-state index contributed by atoms with van der Waals surface area (Å²) >= 11 is 0. The molecular formula is C18H26N2O3. The molecule has 0 saturated carbocycles. The van der Waals surface area contributed by atoms with Crippen LogP contribution < -0.4 is 10.2 Å². The number of nitrogens with zero attached hydrogens (tertiary/aromatic N) is 1. The summed E-state index contributed by atoms with van der Waals surface area (Å²) in [4.78, 5) is 27.1. The van der Waals surface area contributed by atoms with Crippen LogP contribution in [-0.4, -0.2) is 38.6 Å². The second kappa shape index (κ2) is 7.59. The first kappa shape index (κ1) is 17.5. The van der Waals surface area contributed by atoms with Gasteiger partial charge >= 0.3 is 0 Å². The molecule has 2 rings (SSSR count). The molecular weight excluding hydrogens is 292 g/mol. The van der Waals surface area contributed by atoms with Gasteiger partial charge in [0.05, 0.1) is 0 Å². The normalized spacial score (nSPS) is 14.3. The van der Waals surface area contributed by atoms with E-state index in [-0.39, 0.29) is 11.8 Å². The maximum absolute atomic E-state index is 13.0. The van der Waals surface area contributed by atoms with Gasteiger partial charge in [-0.05, 0) is 44.7 Å². The summed E-state index contributed by atoms with van der Waals surface area (Å²) < 4.78 is 4.96. The maximum Gasteiger partial charge on any atom is 0.242 e. The lowest BCUT2D eigenvalue weighted by Gasteiger charge is -2.35. The van der Waals surface area contributed by atoms with E-state index in [0.29, 0.717) is 19.7 Å². The number of nitrogens with one attached hydrogen (secondary N) is 1. The molecule has 1 aliphatic heterocycles. The van der Waals surface area contributed by atoms with E-state index in [0.717, 1.165) is 24.9 Å². The molecule has 23 heavy (non-hydrogen) atoms. The Bertz CT molecular complexity index is 569. The Kier molecular flexibility index (Phi) is 5.77. The van der Waals surface area contributed by atoms with Gasteiger partial charge in [0.25, 0.3) is 0 Å². The number of ether oxygens (including phenoxy) is 1. The van der Waals surface area contributed by atoms with Crippen molar-refractivity contribution < 1.29 is 14.3 Å². The lowest BCUT2D eigenvalue weighted by Crippen LogP contribution is -2.51. The number of hydrogen-bond donors (Lipinski definition) is 1. The second-order valence-electron chi connectivity index (χ2n) is 6.42. The molecule has 1 aromatic carbocycles. The van der Waals surface area contributed by atoms with Gasteiger partial charge in [-0.3, -0.25) is 9.59 Å². The van der Waals surface area contributed by atoms with Gasteiger partial charge in [-0.15, -0.1) is 0 Å². The number of anilines is 1. The number of hydrogen-bond acceptors (Lipinski definition) is 3. The number of aryl methyl sites for hydroxylation is 1. The standard InChI is InChI=1S/C18H26N2O3/c1-18(2,16(21)19-11-7-13-23-3)17(22)20-12-6-9-14-8-4-5-10-15(14)20/h4-5,8,10H,6-7,9,11-13H2,1-3H3,(H,19,21). The van der Waals surface area contributed by atoms with E-state index in [1.807, 2.05) is 24.3 Å². The first-order valence-corrected chi connectivity index (χ1v) is 8.15. The zero-order valence-corrected chi connectivity index (χ0v) is 14.2. The molecule has 0 aromatic heterocycles. The van der Waals surface area contributed by atoms with Gasteiger partial charge in [0.1, 0.15) is 5.41 Å². The van der Waals surface area contributed by atoms with Gasteiger partial charge in [0, 0.05) is 32.5 Å². The number of carbonyl (C=O) groups is 2. The minimum atomic E-state index is -1.09. The predicted octanol–water partition coefficient (Wildman–Crippen LogP) is 2.14. The van der Waals surface area contributed by atoms with Crippen molar-refractivity contribution in [2.75, 3.05) is 31.7 Å². The third-order valence-electron chi connectivity index (χ3n) is 4.27. The molecule has 1 N–H and O–H groups in total.